The molecule has 3 amide bonds. The number of hydrogen-bond acceptors (Lipinski definition) is 5. The molecule has 0 aliphatic carbocycles. The van der Waals surface area contributed by atoms with E-state index in [1.807, 2.05) is 0 Å². The van der Waals surface area contributed by atoms with Crippen LogP contribution >= 0.6 is 24.0 Å². The summed E-state index contributed by atoms with van der Waals surface area (Å²) in [5.41, 5.74) is 0.461. The lowest BCUT2D eigenvalue weighted by molar-refractivity contribution is -0.124. The molecule has 2 rings (SSSR count). The van der Waals surface area contributed by atoms with Crippen LogP contribution in [0.2, 0.25) is 0 Å². The van der Waals surface area contributed by atoms with E-state index in [2.05, 4.69) is 25.7 Å². The third-order valence-electron chi connectivity index (χ3n) is 3.80. The van der Waals surface area contributed by atoms with Gasteiger partial charge in [0, 0.05) is 32.2 Å². The van der Waals surface area contributed by atoms with Gasteiger partial charge in [0.25, 0.3) is 0 Å². The van der Waals surface area contributed by atoms with Gasteiger partial charge in [0.1, 0.15) is 0 Å². The van der Waals surface area contributed by atoms with E-state index in [0.717, 1.165) is 4.90 Å². The van der Waals surface area contributed by atoms with Gasteiger partial charge in [-0.1, -0.05) is 12.1 Å². The largest absolute Gasteiger partial charge is 0.490 e. The summed E-state index contributed by atoms with van der Waals surface area (Å²) in [6.07, 6.45) is 0. The number of carbonyl (C=O) groups excluding carboxylic acids is 2. The van der Waals surface area contributed by atoms with Crippen molar-refractivity contribution in [1.29, 1.82) is 0 Å². The van der Waals surface area contributed by atoms with E-state index in [9.17, 15) is 18.4 Å². The maximum absolute atomic E-state index is 12.8. The first-order valence-electron chi connectivity index (χ1n) is 8.68. The number of para-hydroxylation sites is 1. The van der Waals surface area contributed by atoms with E-state index in [4.69, 9.17) is 4.74 Å². The SMILES string of the molecule is CCOc1cccc(CNC(=NC)NCCN2C(=O)CNC2=O)c1OC(F)F.I. The quantitative estimate of drug-likeness (QED) is 0.195. The molecule has 1 aromatic rings. The zero-order valence-electron chi connectivity index (χ0n) is 16.0. The first-order valence-corrected chi connectivity index (χ1v) is 8.68. The van der Waals surface area contributed by atoms with Crippen LogP contribution in [0.5, 0.6) is 11.5 Å². The zero-order chi connectivity index (χ0) is 20.5. The number of alkyl halides is 2. The number of carbonyl (C=O) groups is 2. The molecule has 0 aromatic heterocycles. The lowest BCUT2D eigenvalue weighted by Crippen LogP contribution is -2.43. The number of aliphatic imine (C=N–C) groups is 1. The average molecular weight is 527 g/mol. The number of amides is 3. The third-order valence-corrected chi connectivity index (χ3v) is 3.80. The van der Waals surface area contributed by atoms with Crippen molar-refractivity contribution in [1.82, 2.24) is 20.9 Å². The van der Waals surface area contributed by atoms with E-state index in [-0.39, 0.29) is 67.6 Å². The molecule has 1 heterocycles. The van der Waals surface area contributed by atoms with Gasteiger partial charge in [-0.05, 0) is 13.0 Å². The van der Waals surface area contributed by atoms with Crippen LogP contribution in [-0.2, 0) is 11.3 Å². The van der Waals surface area contributed by atoms with Crippen molar-refractivity contribution in [2.45, 2.75) is 20.1 Å². The van der Waals surface area contributed by atoms with Crippen LogP contribution in [0.1, 0.15) is 12.5 Å². The molecule has 3 N–H and O–H groups in total. The Balaban J connectivity index is 0.00000420. The second-order valence-electron chi connectivity index (χ2n) is 5.61. The molecular weight excluding hydrogens is 503 g/mol. The Morgan fingerprint density at radius 1 is 1.34 bits per heavy atom. The summed E-state index contributed by atoms with van der Waals surface area (Å²) < 4.78 is 35.5. The van der Waals surface area contributed by atoms with Crippen molar-refractivity contribution in [3.8, 4) is 11.5 Å². The Morgan fingerprint density at radius 2 is 2.10 bits per heavy atom. The Morgan fingerprint density at radius 3 is 2.69 bits per heavy atom. The highest BCUT2D eigenvalue weighted by Crippen LogP contribution is 2.32. The Bertz CT molecular complexity index is 720. The third kappa shape index (κ3) is 7.18. The molecule has 29 heavy (non-hydrogen) atoms. The van der Waals surface area contributed by atoms with Gasteiger partial charge in [-0.25, -0.2) is 4.79 Å². The van der Waals surface area contributed by atoms with Crippen LogP contribution in [0.15, 0.2) is 23.2 Å². The molecule has 162 valence electrons. The van der Waals surface area contributed by atoms with Gasteiger partial charge in [-0.2, -0.15) is 8.78 Å². The van der Waals surface area contributed by atoms with Gasteiger partial charge in [0.05, 0.1) is 13.2 Å². The predicted molar refractivity (Wildman–Crippen MR) is 113 cm³/mol. The molecule has 1 fully saturated rings. The van der Waals surface area contributed by atoms with Crippen molar-refractivity contribution in [3.63, 3.8) is 0 Å². The van der Waals surface area contributed by atoms with Crippen LogP contribution in [0.3, 0.4) is 0 Å². The Labute approximate surface area is 184 Å². The summed E-state index contributed by atoms with van der Waals surface area (Å²) in [4.78, 5) is 28.1. The van der Waals surface area contributed by atoms with E-state index < -0.39 is 12.6 Å². The van der Waals surface area contributed by atoms with Crippen molar-refractivity contribution in [2.24, 2.45) is 4.99 Å². The molecule has 1 saturated heterocycles. The number of nitrogens with zero attached hydrogens (tertiary/aromatic N) is 2. The maximum Gasteiger partial charge on any atom is 0.387 e. The first kappa shape index (κ1) is 24.7. The highest BCUT2D eigenvalue weighted by atomic mass is 127. The number of halogens is 3. The number of benzene rings is 1. The number of imide groups is 1. The molecule has 9 nitrogen and oxygen atoms in total. The molecule has 12 heteroatoms. The Hall–Kier alpha value is -2.38. The van der Waals surface area contributed by atoms with E-state index in [1.54, 1.807) is 25.1 Å². The zero-order valence-corrected chi connectivity index (χ0v) is 18.4. The van der Waals surface area contributed by atoms with E-state index >= 15 is 0 Å². The van der Waals surface area contributed by atoms with Gasteiger partial charge in [0.15, 0.2) is 17.5 Å². The number of hydrogen-bond donors (Lipinski definition) is 3. The van der Waals surface area contributed by atoms with Gasteiger partial charge in [-0.3, -0.25) is 14.7 Å². The van der Waals surface area contributed by atoms with Crippen molar-refractivity contribution >= 4 is 41.9 Å². The normalized spacial score (nSPS) is 13.8. The average Bonchev–Trinajstić information content (AvgIpc) is 2.98. The minimum Gasteiger partial charge on any atom is -0.490 e. The fourth-order valence-corrected chi connectivity index (χ4v) is 2.56. The summed E-state index contributed by atoms with van der Waals surface area (Å²) in [7, 11) is 1.54. The lowest BCUT2D eigenvalue weighted by atomic mass is 10.2. The molecule has 0 unspecified atom stereocenters. The summed E-state index contributed by atoms with van der Waals surface area (Å²) in [6, 6.07) is 4.42. The van der Waals surface area contributed by atoms with Crippen molar-refractivity contribution in [3.05, 3.63) is 23.8 Å². The highest BCUT2D eigenvalue weighted by molar-refractivity contribution is 14.0. The maximum atomic E-state index is 12.8. The van der Waals surface area contributed by atoms with Gasteiger partial charge in [-0.15, -0.1) is 24.0 Å². The molecule has 1 aromatic carbocycles. The topological polar surface area (TPSA) is 104 Å². The number of nitrogens with one attached hydrogen (secondary N) is 3. The van der Waals surface area contributed by atoms with Crippen LogP contribution in [0.4, 0.5) is 13.6 Å². The van der Waals surface area contributed by atoms with Gasteiger partial charge in [0.2, 0.25) is 5.91 Å². The molecule has 0 atom stereocenters. The number of guanidine groups is 1. The van der Waals surface area contributed by atoms with Crippen LogP contribution in [-0.4, -0.2) is 62.7 Å². The molecule has 1 aliphatic rings. The molecule has 0 radical (unpaired) electrons. The first-order chi connectivity index (χ1) is 13.5. The van der Waals surface area contributed by atoms with Crippen molar-refractivity contribution in [2.75, 3.05) is 33.3 Å². The lowest BCUT2D eigenvalue weighted by Gasteiger charge is -2.18. The summed E-state index contributed by atoms with van der Waals surface area (Å²) >= 11 is 0. The molecular formula is C17H24F2IN5O4. The number of rotatable bonds is 9. The standard InChI is InChI=1S/C17H23F2N5O4.HI/c1-3-27-12-6-4-5-11(14(12)28-15(18)19)9-22-16(20-2)21-7-8-24-13(25)10-23-17(24)26;/h4-6,15H,3,7-10H2,1-2H3,(H,23,26)(H2,20,21,22);1H. The monoisotopic (exact) mass is 527 g/mol. The van der Waals surface area contributed by atoms with Crippen LogP contribution in [0.25, 0.3) is 0 Å². The van der Waals surface area contributed by atoms with E-state index in [0.29, 0.717) is 18.1 Å². The highest BCUT2D eigenvalue weighted by Gasteiger charge is 2.27. The van der Waals surface area contributed by atoms with Gasteiger partial charge >= 0.3 is 12.6 Å². The second-order valence-corrected chi connectivity index (χ2v) is 5.61. The second kappa shape index (κ2) is 12.2. The van der Waals surface area contributed by atoms with Crippen LogP contribution in [0, 0.1) is 0 Å². The molecule has 0 spiro atoms. The van der Waals surface area contributed by atoms with Crippen LogP contribution < -0.4 is 25.4 Å². The molecule has 0 bridgehead atoms. The number of ether oxygens (including phenoxy) is 2. The Kier molecular flexibility index (Phi) is 10.4. The smallest absolute Gasteiger partial charge is 0.387 e. The summed E-state index contributed by atoms with van der Waals surface area (Å²) in [5, 5.41) is 8.36. The summed E-state index contributed by atoms with van der Waals surface area (Å²) in [5.74, 6) is 0.262. The molecule has 0 saturated carbocycles. The molecule has 1 aliphatic heterocycles. The van der Waals surface area contributed by atoms with Gasteiger partial charge < -0.3 is 25.4 Å². The number of urea groups is 1. The summed E-state index contributed by atoms with van der Waals surface area (Å²) in [6.45, 7) is -0.345. The van der Waals surface area contributed by atoms with E-state index in [1.165, 1.54) is 7.05 Å². The fraction of sp³-hybridized carbons (Fsp3) is 0.471. The fourth-order valence-electron chi connectivity index (χ4n) is 2.56. The minimum atomic E-state index is -2.98. The minimum absolute atomic E-state index is 0. The predicted octanol–water partition coefficient (Wildman–Crippen LogP) is 1.52. The van der Waals surface area contributed by atoms with Crippen molar-refractivity contribution < 1.29 is 27.8 Å².